The van der Waals surface area contributed by atoms with E-state index in [0.29, 0.717) is 6.54 Å². The van der Waals surface area contributed by atoms with Crippen LogP contribution in [0.1, 0.15) is 36.0 Å². The number of amides is 2. The molecule has 108 valence electrons. The highest BCUT2D eigenvalue weighted by Gasteiger charge is 2.20. The van der Waals surface area contributed by atoms with Gasteiger partial charge in [-0.15, -0.1) is 0 Å². The van der Waals surface area contributed by atoms with Gasteiger partial charge in [0.05, 0.1) is 11.3 Å². The van der Waals surface area contributed by atoms with E-state index in [-0.39, 0.29) is 17.0 Å². The van der Waals surface area contributed by atoms with E-state index in [1.165, 1.54) is 25.0 Å². The molecule has 4 N–H and O–H groups in total. The third kappa shape index (κ3) is 4.15. The Kier molecular flexibility index (Phi) is 4.45. The van der Waals surface area contributed by atoms with E-state index in [4.69, 9.17) is 5.11 Å². The highest BCUT2D eigenvalue weighted by molar-refractivity contribution is 5.93. The molecule has 0 saturated heterocycles. The molecule has 2 rings (SSSR count). The van der Waals surface area contributed by atoms with Crippen LogP contribution in [-0.2, 0) is 0 Å². The minimum atomic E-state index is -1.13. The maximum Gasteiger partial charge on any atom is 0.335 e. The van der Waals surface area contributed by atoms with Gasteiger partial charge in [-0.2, -0.15) is 0 Å². The average molecular weight is 278 g/mol. The van der Waals surface area contributed by atoms with Crippen LogP contribution in [0.2, 0.25) is 0 Å². The van der Waals surface area contributed by atoms with Gasteiger partial charge in [0, 0.05) is 6.54 Å². The van der Waals surface area contributed by atoms with E-state index in [9.17, 15) is 14.7 Å². The van der Waals surface area contributed by atoms with Gasteiger partial charge in [-0.25, -0.2) is 9.59 Å². The number of carboxylic acid groups (broad SMARTS) is 1. The lowest BCUT2D eigenvalue weighted by Gasteiger charge is -2.09. The number of carbonyl (C=O) groups excluding carboxylic acids is 1. The van der Waals surface area contributed by atoms with E-state index in [1.54, 1.807) is 0 Å². The molecule has 20 heavy (non-hydrogen) atoms. The fourth-order valence-corrected chi connectivity index (χ4v) is 1.94. The Bertz CT molecular complexity index is 512. The number of hydrogen-bond acceptors (Lipinski definition) is 3. The maximum atomic E-state index is 11.6. The zero-order chi connectivity index (χ0) is 14.5. The minimum absolute atomic E-state index is 0.0297. The lowest BCUT2D eigenvalue weighted by molar-refractivity contribution is 0.0696. The van der Waals surface area contributed by atoms with E-state index in [0.717, 1.165) is 24.8 Å². The van der Waals surface area contributed by atoms with Crippen LogP contribution in [0.15, 0.2) is 18.2 Å². The molecule has 0 radical (unpaired) electrons. The summed E-state index contributed by atoms with van der Waals surface area (Å²) in [6.45, 7) is 0.594. The molecule has 1 aromatic carbocycles. The Morgan fingerprint density at radius 2 is 2.05 bits per heavy atom. The molecule has 1 aromatic rings. The molecular weight excluding hydrogens is 260 g/mol. The van der Waals surface area contributed by atoms with Crippen LogP contribution in [0, 0.1) is 5.92 Å². The first kappa shape index (κ1) is 14.2. The van der Waals surface area contributed by atoms with Crippen LogP contribution in [0.3, 0.4) is 0 Å². The Hall–Kier alpha value is -2.24. The number of hydrogen-bond donors (Lipinski definition) is 4. The highest BCUT2D eigenvalue weighted by atomic mass is 16.4. The van der Waals surface area contributed by atoms with Gasteiger partial charge in [-0.1, -0.05) is 12.8 Å². The average Bonchev–Trinajstić information content (AvgIpc) is 3.21. The van der Waals surface area contributed by atoms with Crippen molar-refractivity contribution < 1.29 is 19.8 Å². The summed E-state index contributed by atoms with van der Waals surface area (Å²) in [7, 11) is 0. The Balaban J connectivity index is 1.79. The van der Waals surface area contributed by atoms with Gasteiger partial charge < -0.3 is 20.8 Å². The van der Waals surface area contributed by atoms with Gasteiger partial charge in [0.15, 0.2) is 0 Å². The molecule has 1 aliphatic rings. The SMILES string of the molecule is O=C(NCCCC1CC1)Nc1ccc(C(=O)O)cc1O. The zero-order valence-electron chi connectivity index (χ0n) is 11.1. The van der Waals surface area contributed by atoms with Crippen LogP contribution in [-0.4, -0.2) is 28.8 Å². The Morgan fingerprint density at radius 3 is 2.65 bits per heavy atom. The molecular formula is C14H18N2O4. The van der Waals surface area contributed by atoms with Gasteiger partial charge >= 0.3 is 12.0 Å². The van der Waals surface area contributed by atoms with Crippen molar-refractivity contribution in [1.29, 1.82) is 0 Å². The van der Waals surface area contributed by atoms with Gasteiger partial charge in [0.1, 0.15) is 5.75 Å². The number of anilines is 1. The van der Waals surface area contributed by atoms with Crippen molar-refractivity contribution in [2.45, 2.75) is 25.7 Å². The largest absolute Gasteiger partial charge is 0.506 e. The van der Waals surface area contributed by atoms with Crippen LogP contribution >= 0.6 is 0 Å². The maximum absolute atomic E-state index is 11.6. The predicted molar refractivity (Wildman–Crippen MR) is 74.0 cm³/mol. The number of rotatable bonds is 6. The number of phenols is 1. The third-order valence-electron chi connectivity index (χ3n) is 3.26. The van der Waals surface area contributed by atoms with Crippen LogP contribution < -0.4 is 10.6 Å². The Labute approximate surface area is 116 Å². The van der Waals surface area contributed by atoms with Gasteiger partial charge in [-0.3, -0.25) is 0 Å². The van der Waals surface area contributed by atoms with Crippen LogP contribution in [0.4, 0.5) is 10.5 Å². The molecule has 6 nitrogen and oxygen atoms in total. The fourth-order valence-electron chi connectivity index (χ4n) is 1.94. The van der Waals surface area contributed by atoms with Crippen molar-refractivity contribution in [3.63, 3.8) is 0 Å². The van der Waals surface area contributed by atoms with Gasteiger partial charge in [0.2, 0.25) is 0 Å². The van der Waals surface area contributed by atoms with Crippen molar-refractivity contribution in [3.05, 3.63) is 23.8 Å². The fraction of sp³-hybridized carbons (Fsp3) is 0.429. The topological polar surface area (TPSA) is 98.7 Å². The molecule has 0 aromatic heterocycles. The Morgan fingerprint density at radius 1 is 1.30 bits per heavy atom. The number of carboxylic acids is 1. The second-order valence-corrected chi connectivity index (χ2v) is 5.00. The zero-order valence-corrected chi connectivity index (χ0v) is 11.1. The number of urea groups is 1. The van der Waals surface area contributed by atoms with Crippen molar-refractivity contribution in [2.24, 2.45) is 5.92 Å². The predicted octanol–water partition coefficient (Wildman–Crippen LogP) is 2.40. The lowest BCUT2D eigenvalue weighted by atomic mass is 10.2. The monoisotopic (exact) mass is 278 g/mol. The molecule has 2 amide bonds. The number of phenolic OH excluding ortho intramolecular Hbond substituents is 1. The summed E-state index contributed by atoms with van der Waals surface area (Å²) >= 11 is 0. The number of aromatic hydroxyl groups is 1. The molecule has 1 aliphatic carbocycles. The summed E-state index contributed by atoms with van der Waals surface area (Å²) in [5.41, 5.74) is 0.160. The summed E-state index contributed by atoms with van der Waals surface area (Å²) in [5.74, 6) is -0.554. The summed E-state index contributed by atoms with van der Waals surface area (Å²) < 4.78 is 0. The number of nitrogens with one attached hydrogen (secondary N) is 2. The second kappa shape index (κ2) is 6.27. The van der Waals surface area contributed by atoms with Crippen molar-refractivity contribution in [2.75, 3.05) is 11.9 Å². The minimum Gasteiger partial charge on any atom is -0.506 e. The molecule has 0 heterocycles. The molecule has 0 aliphatic heterocycles. The number of carbonyl (C=O) groups is 2. The molecule has 0 atom stereocenters. The summed E-state index contributed by atoms with van der Waals surface area (Å²) in [6, 6.07) is 3.39. The molecule has 6 heteroatoms. The first-order valence-electron chi connectivity index (χ1n) is 6.67. The second-order valence-electron chi connectivity index (χ2n) is 5.00. The van der Waals surface area contributed by atoms with Gasteiger partial charge in [0.25, 0.3) is 0 Å². The number of aromatic carboxylic acids is 1. The quantitative estimate of drug-likeness (QED) is 0.474. The summed E-state index contributed by atoms with van der Waals surface area (Å²) in [6.07, 6.45) is 4.69. The molecule has 1 fully saturated rings. The lowest BCUT2D eigenvalue weighted by Crippen LogP contribution is -2.29. The summed E-state index contributed by atoms with van der Waals surface area (Å²) in [4.78, 5) is 22.3. The molecule has 0 bridgehead atoms. The van der Waals surface area contributed by atoms with Crippen molar-refractivity contribution >= 4 is 17.7 Å². The molecule has 1 saturated carbocycles. The number of benzene rings is 1. The normalized spacial score (nSPS) is 13.8. The van der Waals surface area contributed by atoms with Gasteiger partial charge in [-0.05, 0) is 37.0 Å². The third-order valence-corrected chi connectivity index (χ3v) is 3.26. The molecule has 0 spiro atoms. The first-order chi connectivity index (χ1) is 9.56. The standard InChI is InChI=1S/C14H18N2O4/c17-12-8-10(13(18)19)5-6-11(12)16-14(20)15-7-1-2-9-3-4-9/h5-6,8-9,17H,1-4,7H2,(H,18,19)(H2,15,16,20). The van der Waals surface area contributed by atoms with E-state index in [2.05, 4.69) is 10.6 Å². The van der Waals surface area contributed by atoms with Crippen molar-refractivity contribution in [3.8, 4) is 5.75 Å². The summed E-state index contributed by atoms with van der Waals surface area (Å²) in [5, 5.41) is 23.6. The van der Waals surface area contributed by atoms with Crippen LogP contribution in [0.5, 0.6) is 5.75 Å². The smallest absolute Gasteiger partial charge is 0.335 e. The van der Waals surface area contributed by atoms with E-state index >= 15 is 0 Å². The highest BCUT2D eigenvalue weighted by Crippen LogP contribution is 2.33. The van der Waals surface area contributed by atoms with E-state index < -0.39 is 12.0 Å². The molecule has 0 unspecified atom stereocenters. The van der Waals surface area contributed by atoms with Crippen molar-refractivity contribution in [1.82, 2.24) is 5.32 Å². The van der Waals surface area contributed by atoms with Crippen LogP contribution in [0.25, 0.3) is 0 Å². The first-order valence-corrected chi connectivity index (χ1v) is 6.67. The van der Waals surface area contributed by atoms with E-state index in [1.807, 2.05) is 0 Å².